The van der Waals surface area contributed by atoms with Crippen LogP contribution in [0.1, 0.15) is 74.7 Å². The van der Waals surface area contributed by atoms with E-state index in [1.54, 1.807) is 0 Å². The summed E-state index contributed by atoms with van der Waals surface area (Å²) in [5.74, 6) is 0. The highest BCUT2D eigenvalue weighted by Gasteiger charge is 2.49. The third-order valence-electron chi connectivity index (χ3n) is 6.36. The molecule has 2 unspecified atom stereocenters. The molecule has 1 aliphatic rings. The van der Waals surface area contributed by atoms with Gasteiger partial charge in [0, 0.05) is 18.1 Å². The molecule has 2 atom stereocenters. The molecule has 0 spiro atoms. The van der Waals surface area contributed by atoms with Crippen LogP contribution in [0.25, 0.3) is 0 Å². The fraction of sp³-hybridized carbons (Fsp3) is 1.00. The molecular formula is C21H44N2O. The minimum Gasteiger partial charge on any atom is -0.375 e. The average Bonchev–Trinajstić information content (AvgIpc) is 2.44. The van der Waals surface area contributed by atoms with Gasteiger partial charge < -0.3 is 9.64 Å². The van der Waals surface area contributed by atoms with Crippen LogP contribution in [0.2, 0.25) is 0 Å². The molecule has 0 aromatic carbocycles. The standard InChI is InChI=1S/C21H44N2O/c1-11-13-19(3,4)17-18(24-15-14-22(17)9)20(5,6)16-21(7,8)23(10)12-2/h17-18H,11-16H2,1-10H3. The Morgan fingerprint density at radius 1 is 1.04 bits per heavy atom. The summed E-state index contributed by atoms with van der Waals surface area (Å²) in [6.07, 6.45) is 3.90. The van der Waals surface area contributed by atoms with E-state index in [1.807, 2.05) is 0 Å². The second-order valence-corrected chi connectivity index (χ2v) is 9.95. The first-order chi connectivity index (χ1) is 10.9. The number of hydrogen-bond acceptors (Lipinski definition) is 3. The highest BCUT2D eigenvalue weighted by Crippen LogP contribution is 2.44. The molecule has 0 aromatic rings. The van der Waals surface area contributed by atoms with Crippen molar-refractivity contribution in [1.82, 2.24) is 9.80 Å². The minimum atomic E-state index is 0.136. The summed E-state index contributed by atoms with van der Waals surface area (Å²) >= 11 is 0. The zero-order valence-electron chi connectivity index (χ0n) is 18.2. The maximum atomic E-state index is 6.46. The molecule has 0 aromatic heterocycles. The van der Waals surface area contributed by atoms with Gasteiger partial charge in [0.15, 0.2) is 0 Å². The van der Waals surface area contributed by atoms with Crippen LogP contribution in [0.15, 0.2) is 0 Å². The predicted molar refractivity (Wildman–Crippen MR) is 106 cm³/mol. The summed E-state index contributed by atoms with van der Waals surface area (Å²) in [5.41, 5.74) is 0.584. The van der Waals surface area contributed by atoms with Crippen LogP contribution in [-0.4, -0.2) is 61.3 Å². The first-order valence-electron chi connectivity index (χ1n) is 9.92. The smallest absolute Gasteiger partial charge is 0.0787 e. The van der Waals surface area contributed by atoms with Crippen molar-refractivity contribution in [2.45, 2.75) is 92.3 Å². The second kappa shape index (κ2) is 8.05. The highest BCUT2D eigenvalue weighted by molar-refractivity contribution is 5.01. The quantitative estimate of drug-likeness (QED) is 0.639. The van der Waals surface area contributed by atoms with E-state index in [1.165, 1.54) is 12.8 Å². The second-order valence-electron chi connectivity index (χ2n) is 9.95. The average molecular weight is 341 g/mol. The van der Waals surface area contributed by atoms with Gasteiger partial charge in [-0.1, -0.05) is 48.0 Å². The Morgan fingerprint density at radius 2 is 1.62 bits per heavy atom. The molecule has 144 valence electrons. The van der Waals surface area contributed by atoms with E-state index in [-0.39, 0.29) is 22.5 Å². The molecule has 0 amide bonds. The molecule has 0 saturated carbocycles. The predicted octanol–water partition coefficient (Wildman–Crippen LogP) is 4.66. The van der Waals surface area contributed by atoms with Crippen molar-refractivity contribution in [3.8, 4) is 0 Å². The fourth-order valence-electron chi connectivity index (χ4n) is 5.02. The van der Waals surface area contributed by atoms with Crippen molar-refractivity contribution in [3.63, 3.8) is 0 Å². The number of morpholine rings is 1. The molecule has 0 aliphatic carbocycles. The van der Waals surface area contributed by atoms with Gasteiger partial charge in [-0.05, 0) is 58.2 Å². The zero-order valence-corrected chi connectivity index (χ0v) is 18.2. The van der Waals surface area contributed by atoms with E-state index in [2.05, 4.69) is 79.3 Å². The van der Waals surface area contributed by atoms with Crippen LogP contribution in [-0.2, 0) is 4.74 Å². The van der Waals surface area contributed by atoms with E-state index in [4.69, 9.17) is 4.74 Å². The number of likely N-dealkylation sites (N-methyl/N-ethyl adjacent to an activating group) is 1. The molecule has 1 aliphatic heterocycles. The molecule has 1 rings (SSSR count). The topological polar surface area (TPSA) is 15.7 Å². The van der Waals surface area contributed by atoms with Crippen molar-refractivity contribution in [1.29, 1.82) is 0 Å². The van der Waals surface area contributed by atoms with Gasteiger partial charge in [0.2, 0.25) is 0 Å². The van der Waals surface area contributed by atoms with E-state index in [0.717, 1.165) is 26.1 Å². The number of hydrogen-bond donors (Lipinski definition) is 0. The molecule has 1 fully saturated rings. The normalized spacial score (nSPS) is 24.6. The Hall–Kier alpha value is -0.120. The molecule has 0 N–H and O–H groups in total. The summed E-state index contributed by atoms with van der Waals surface area (Å²) in [6.45, 7) is 22.0. The summed E-state index contributed by atoms with van der Waals surface area (Å²) in [4.78, 5) is 5.02. The summed E-state index contributed by atoms with van der Waals surface area (Å²) < 4.78 is 6.46. The lowest BCUT2D eigenvalue weighted by Gasteiger charge is -2.54. The number of nitrogens with zero attached hydrogens (tertiary/aromatic N) is 2. The van der Waals surface area contributed by atoms with E-state index >= 15 is 0 Å². The molecule has 0 radical (unpaired) electrons. The van der Waals surface area contributed by atoms with Crippen LogP contribution in [0, 0.1) is 10.8 Å². The number of ether oxygens (including phenoxy) is 1. The number of rotatable bonds is 8. The Morgan fingerprint density at radius 3 is 2.12 bits per heavy atom. The monoisotopic (exact) mass is 340 g/mol. The van der Waals surface area contributed by atoms with E-state index in [9.17, 15) is 0 Å². The van der Waals surface area contributed by atoms with Crippen LogP contribution >= 0.6 is 0 Å². The van der Waals surface area contributed by atoms with Gasteiger partial charge in [0.1, 0.15) is 0 Å². The third-order valence-corrected chi connectivity index (χ3v) is 6.36. The van der Waals surface area contributed by atoms with Gasteiger partial charge in [0.05, 0.1) is 12.7 Å². The van der Waals surface area contributed by atoms with Gasteiger partial charge >= 0.3 is 0 Å². The van der Waals surface area contributed by atoms with Crippen LogP contribution in [0.5, 0.6) is 0 Å². The van der Waals surface area contributed by atoms with Gasteiger partial charge in [-0.3, -0.25) is 4.90 Å². The lowest BCUT2D eigenvalue weighted by molar-refractivity contribution is -0.155. The largest absolute Gasteiger partial charge is 0.375 e. The molecule has 1 saturated heterocycles. The van der Waals surface area contributed by atoms with Crippen molar-refractivity contribution in [2.24, 2.45) is 10.8 Å². The first-order valence-corrected chi connectivity index (χ1v) is 9.92. The van der Waals surface area contributed by atoms with Crippen molar-refractivity contribution in [2.75, 3.05) is 33.8 Å². The van der Waals surface area contributed by atoms with E-state index < -0.39 is 0 Å². The molecule has 24 heavy (non-hydrogen) atoms. The maximum absolute atomic E-state index is 6.46. The van der Waals surface area contributed by atoms with E-state index in [0.29, 0.717) is 6.04 Å². The minimum absolute atomic E-state index is 0.136. The Kier molecular flexibility index (Phi) is 7.36. The Bertz CT molecular complexity index is 389. The van der Waals surface area contributed by atoms with Crippen LogP contribution < -0.4 is 0 Å². The molecule has 1 heterocycles. The highest BCUT2D eigenvalue weighted by atomic mass is 16.5. The summed E-state index contributed by atoms with van der Waals surface area (Å²) in [5, 5.41) is 0. The Balaban J connectivity index is 3.08. The molecule has 3 nitrogen and oxygen atoms in total. The fourth-order valence-corrected chi connectivity index (χ4v) is 5.02. The molecular weight excluding hydrogens is 296 g/mol. The molecule has 0 bridgehead atoms. The third kappa shape index (κ3) is 4.95. The Labute approximate surface area is 152 Å². The maximum Gasteiger partial charge on any atom is 0.0787 e. The lowest BCUT2D eigenvalue weighted by atomic mass is 9.66. The van der Waals surface area contributed by atoms with Crippen molar-refractivity contribution < 1.29 is 4.74 Å². The van der Waals surface area contributed by atoms with Crippen LogP contribution in [0.3, 0.4) is 0 Å². The first kappa shape index (κ1) is 21.9. The van der Waals surface area contributed by atoms with Crippen LogP contribution in [0.4, 0.5) is 0 Å². The van der Waals surface area contributed by atoms with Gasteiger partial charge in [-0.25, -0.2) is 0 Å². The lowest BCUT2D eigenvalue weighted by Crippen LogP contribution is -2.62. The SMILES string of the molecule is CCCC(C)(C)C1C(C(C)(C)CC(C)(C)N(C)CC)OCCN1C. The summed E-state index contributed by atoms with van der Waals surface area (Å²) in [7, 11) is 4.53. The zero-order chi connectivity index (χ0) is 18.8. The van der Waals surface area contributed by atoms with Gasteiger partial charge in [-0.2, -0.15) is 0 Å². The summed E-state index contributed by atoms with van der Waals surface area (Å²) in [6, 6.07) is 0.476. The van der Waals surface area contributed by atoms with Crippen molar-refractivity contribution in [3.05, 3.63) is 0 Å². The van der Waals surface area contributed by atoms with Gasteiger partial charge in [-0.15, -0.1) is 0 Å². The van der Waals surface area contributed by atoms with Gasteiger partial charge in [0.25, 0.3) is 0 Å². The molecule has 3 heteroatoms. The van der Waals surface area contributed by atoms with Crippen molar-refractivity contribution >= 4 is 0 Å².